The standard InChI is InChI=1S/C6H15P.B/c1-5(2)7-6(3)4;/h5-7H,1-4H3;. The first kappa shape index (κ1) is 11.3. The second-order valence-electron chi connectivity index (χ2n) is 2.48. The van der Waals surface area contributed by atoms with E-state index in [2.05, 4.69) is 27.7 Å². The minimum atomic E-state index is 0. The van der Waals surface area contributed by atoms with Crippen LogP contribution in [-0.2, 0) is 0 Å². The predicted molar refractivity (Wildman–Crippen MR) is 44.3 cm³/mol. The van der Waals surface area contributed by atoms with E-state index >= 15 is 0 Å². The summed E-state index contributed by atoms with van der Waals surface area (Å²) in [6.45, 7) is 9.10. The summed E-state index contributed by atoms with van der Waals surface area (Å²) in [6.07, 6.45) is 0. The molecule has 0 aromatic heterocycles. The minimum absolute atomic E-state index is 0. The molecule has 0 aromatic carbocycles. The van der Waals surface area contributed by atoms with Gasteiger partial charge in [0, 0.05) is 8.41 Å². The van der Waals surface area contributed by atoms with Gasteiger partial charge in [-0.2, -0.15) is 0 Å². The van der Waals surface area contributed by atoms with Crippen LogP contribution < -0.4 is 0 Å². The van der Waals surface area contributed by atoms with E-state index in [9.17, 15) is 0 Å². The van der Waals surface area contributed by atoms with Gasteiger partial charge in [0.05, 0.1) is 0 Å². The number of hydrogen-bond donors (Lipinski definition) is 0. The lowest BCUT2D eigenvalue weighted by Gasteiger charge is -2.06. The Kier molecular flexibility index (Phi) is 7.96. The van der Waals surface area contributed by atoms with E-state index < -0.39 is 0 Å². The van der Waals surface area contributed by atoms with Crippen molar-refractivity contribution in [3.05, 3.63) is 0 Å². The van der Waals surface area contributed by atoms with E-state index in [0.29, 0.717) is 0 Å². The fourth-order valence-corrected chi connectivity index (χ4v) is 2.00. The summed E-state index contributed by atoms with van der Waals surface area (Å²) in [5.74, 6) is 0. The summed E-state index contributed by atoms with van der Waals surface area (Å²) in [4.78, 5) is 0. The van der Waals surface area contributed by atoms with E-state index in [1.807, 2.05) is 0 Å². The SMILES string of the molecule is CC(C)PC(C)C.[B]. The van der Waals surface area contributed by atoms with Crippen LogP contribution in [-0.4, -0.2) is 19.7 Å². The molecular formula is C6H15BP. The molecule has 0 spiro atoms. The molecule has 0 saturated heterocycles. The van der Waals surface area contributed by atoms with Crippen LogP contribution in [0.2, 0.25) is 0 Å². The van der Waals surface area contributed by atoms with Crippen molar-refractivity contribution >= 4 is 17.0 Å². The lowest BCUT2D eigenvalue weighted by Crippen LogP contribution is -1.90. The van der Waals surface area contributed by atoms with Crippen molar-refractivity contribution < 1.29 is 0 Å². The molecule has 0 aliphatic carbocycles. The highest BCUT2D eigenvalue weighted by Crippen LogP contribution is 2.23. The van der Waals surface area contributed by atoms with E-state index in [4.69, 9.17) is 0 Å². The van der Waals surface area contributed by atoms with Gasteiger partial charge in [-0.3, -0.25) is 0 Å². The van der Waals surface area contributed by atoms with Gasteiger partial charge in [0.15, 0.2) is 0 Å². The van der Waals surface area contributed by atoms with Gasteiger partial charge in [0.1, 0.15) is 0 Å². The fraction of sp³-hybridized carbons (Fsp3) is 1.00. The lowest BCUT2D eigenvalue weighted by molar-refractivity contribution is 1.03. The van der Waals surface area contributed by atoms with Gasteiger partial charge in [-0.15, -0.1) is 8.58 Å². The van der Waals surface area contributed by atoms with E-state index in [1.54, 1.807) is 0 Å². The summed E-state index contributed by atoms with van der Waals surface area (Å²) in [6, 6.07) is 0. The fourth-order valence-electron chi connectivity index (χ4n) is 0.667. The molecule has 0 N–H and O–H groups in total. The van der Waals surface area contributed by atoms with Crippen LogP contribution in [0.25, 0.3) is 0 Å². The molecule has 0 aliphatic heterocycles. The highest BCUT2D eigenvalue weighted by Gasteiger charge is 1.95. The third-order valence-corrected chi connectivity index (χ3v) is 2.00. The van der Waals surface area contributed by atoms with E-state index in [-0.39, 0.29) is 8.41 Å². The van der Waals surface area contributed by atoms with Crippen molar-refractivity contribution in [1.29, 1.82) is 0 Å². The first-order valence-corrected chi connectivity index (χ1v) is 4.04. The summed E-state index contributed by atoms with van der Waals surface area (Å²) >= 11 is 0. The zero-order valence-corrected chi connectivity index (χ0v) is 7.23. The second kappa shape index (κ2) is 5.63. The molecule has 0 aromatic rings. The van der Waals surface area contributed by atoms with Crippen molar-refractivity contribution in [2.75, 3.05) is 0 Å². The average molecular weight is 129 g/mol. The maximum atomic E-state index is 2.28. The zero-order valence-electron chi connectivity index (χ0n) is 6.23. The van der Waals surface area contributed by atoms with Crippen LogP contribution in [0.5, 0.6) is 0 Å². The van der Waals surface area contributed by atoms with Crippen LogP contribution in [0.4, 0.5) is 0 Å². The van der Waals surface area contributed by atoms with Gasteiger partial charge in [0.25, 0.3) is 0 Å². The molecule has 0 amide bonds. The van der Waals surface area contributed by atoms with Crippen molar-refractivity contribution in [3.63, 3.8) is 0 Å². The van der Waals surface area contributed by atoms with Crippen molar-refractivity contribution in [2.24, 2.45) is 0 Å². The lowest BCUT2D eigenvalue weighted by atomic mass is 10.5. The number of rotatable bonds is 2. The van der Waals surface area contributed by atoms with Crippen molar-refractivity contribution in [3.8, 4) is 0 Å². The molecule has 2 heteroatoms. The predicted octanol–water partition coefficient (Wildman–Crippen LogP) is 2.10. The molecule has 0 nitrogen and oxygen atoms in total. The van der Waals surface area contributed by atoms with Crippen molar-refractivity contribution in [2.45, 2.75) is 39.0 Å². The molecule has 8 heavy (non-hydrogen) atoms. The maximum Gasteiger partial charge on any atom is 0 e. The molecule has 0 aliphatic rings. The molecule has 0 saturated carbocycles. The van der Waals surface area contributed by atoms with Gasteiger partial charge in [0.2, 0.25) is 0 Å². The maximum absolute atomic E-state index is 2.28. The van der Waals surface area contributed by atoms with E-state index in [1.165, 1.54) is 0 Å². The second-order valence-corrected chi connectivity index (χ2v) is 5.12. The van der Waals surface area contributed by atoms with E-state index in [0.717, 1.165) is 19.9 Å². The molecule has 47 valence electrons. The Hall–Kier alpha value is 0.495. The highest BCUT2D eigenvalue weighted by molar-refractivity contribution is 7.39. The summed E-state index contributed by atoms with van der Waals surface area (Å²) in [5, 5.41) is 0. The first-order valence-electron chi connectivity index (χ1n) is 2.89. The van der Waals surface area contributed by atoms with Crippen LogP contribution in [0, 0.1) is 0 Å². The summed E-state index contributed by atoms with van der Waals surface area (Å²) in [5.41, 5.74) is 1.81. The molecule has 0 rings (SSSR count). The Morgan fingerprint density at radius 1 is 0.875 bits per heavy atom. The van der Waals surface area contributed by atoms with Gasteiger partial charge in [-0.05, 0) is 11.3 Å². The largest absolute Gasteiger partial charge is 0.117 e. The Morgan fingerprint density at radius 3 is 1.12 bits per heavy atom. The summed E-state index contributed by atoms with van der Waals surface area (Å²) < 4.78 is 0. The Balaban J connectivity index is 0. The third kappa shape index (κ3) is 9.71. The molecular weight excluding hydrogens is 114 g/mol. The van der Waals surface area contributed by atoms with Gasteiger partial charge in [-0.1, -0.05) is 27.7 Å². The molecule has 0 bridgehead atoms. The van der Waals surface area contributed by atoms with Crippen molar-refractivity contribution in [1.82, 2.24) is 0 Å². The van der Waals surface area contributed by atoms with Gasteiger partial charge >= 0.3 is 0 Å². The Morgan fingerprint density at radius 2 is 1.12 bits per heavy atom. The van der Waals surface area contributed by atoms with Crippen LogP contribution in [0.1, 0.15) is 27.7 Å². The Labute approximate surface area is 56.8 Å². The molecule has 3 radical (unpaired) electrons. The van der Waals surface area contributed by atoms with Crippen LogP contribution >= 0.6 is 8.58 Å². The van der Waals surface area contributed by atoms with Gasteiger partial charge < -0.3 is 0 Å². The zero-order chi connectivity index (χ0) is 5.86. The topological polar surface area (TPSA) is 0 Å². The van der Waals surface area contributed by atoms with Gasteiger partial charge in [-0.25, -0.2) is 0 Å². The first-order chi connectivity index (χ1) is 3.13. The normalized spacial score (nSPS) is 9.75. The molecule has 0 unspecified atom stereocenters. The third-order valence-electron chi connectivity index (χ3n) is 0.667. The molecule has 0 atom stereocenters. The Bertz CT molecular complexity index is 37.8. The average Bonchev–Trinajstić information content (AvgIpc) is 1.27. The van der Waals surface area contributed by atoms with Crippen LogP contribution in [0.15, 0.2) is 0 Å². The monoisotopic (exact) mass is 129 g/mol. The quantitative estimate of drug-likeness (QED) is 0.395. The minimum Gasteiger partial charge on any atom is -0.117 e. The highest BCUT2D eigenvalue weighted by atomic mass is 31.1. The van der Waals surface area contributed by atoms with Crippen LogP contribution in [0.3, 0.4) is 0 Å². The smallest absolute Gasteiger partial charge is 0 e. The summed E-state index contributed by atoms with van der Waals surface area (Å²) in [7, 11) is 1.15. The number of hydrogen-bond acceptors (Lipinski definition) is 0. The molecule has 0 fully saturated rings. The molecule has 0 heterocycles.